The first kappa shape index (κ1) is 19.9. The number of rotatable bonds is 13. The van der Waals surface area contributed by atoms with E-state index >= 15 is 0 Å². The van der Waals surface area contributed by atoms with Crippen molar-refractivity contribution in [2.75, 3.05) is 12.0 Å². The number of carboxylic acid groups (broad SMARTS) is 1. The Balaban J connectivity index is 1.96. The van der Waals surface area contributed by atoms with Crippen LogP contribution in [0.2, 0.25) is 0 Å². The molecule has 0 atom stereocenters. The number of hydrogen-bond acceptors (Lipinski definition) is 5. The maximum Gasteiger partial charge on any atom is 0.303 e. The van der Waals surface area contributed by atoms with Crippen molar-refractivity contribution in [3.05, 3.63) is 23.9 Å². The highest BCUT2D eigenvalue weighted by Crippen LogP contribution is 2.09. The number of hydrazine groups is 1. The average Bonchev–Trinajstić information content (AvgIpc) is 2.59. The normalized spacial score (nSPS) is 10.4. The van der Waals surface area contributed by atoms with E-state index < -0.39 is 5.97 Å². The molecule has 1 rings (SSSR count). The van der Waals surface area contributed by atoms with Gasteiger partial charge in [0.1, 0.15) is 5.82 Å². The lowest BCUT2D eigenvalue weighted by atomic mass is 10.1. The average molecular weight is 336 g/mol. The number of carbonyl (C=O) groups is 2. The Kier molecular flexibility index (Phi) is 10.2. The zero-order valence-electron chi connectivity index (χ0n) is 14.1. The summed E-state index contributed by atoms with van der Waals surface area (Å²) in [6, 6.07) is 3.34. The summed E-state index contributed by atoms with van der Waals surface area (Å²) in [6.45, 7) is 0.661. The van der Waals surface area contributed by atoms with Crippen molar-refractivity contribution in [3.8, 4) is 0 Å². The third kappa shape index (κ3) is 9.09. The minimum atomic E-state index is -0.709. The summed E-state index contributed by atoms with van der Waals surface area (Å²) in [5, 5.41) is 11.4. The van der Waals surface area contributed by atoms with Crippen LogP contribution in [0.1, 0.15) is 68.1 Å². The lowest BCUT2D eigenvalue weighted by Gasteiger charge is -2.06. The highest BCUT2D eigenvalue weighted by atomic mass is 16.4. The molecule has 0 aliphatic carbocycles. The monoisotopic (exact) mass is 336 g/mol. The number of nitrogen functional groups attached to an aromatic ring is 1. The molecule has 1 aromatic rings. The Morgan fingerprint density at radius 1 is 1.00 bits per heavy atom. The lowest BCUT2D eigenvalue weighted by Crippen LogP contribution is -2.24. The molecule has 0 saturated carbocycles. The van der Waals surface area contributed by atoms with Gasteiger partial charge in [0.2, 0.25) is 0 Å². The summed E-state index contributed by atoms with van der Waals surface area (Å²) in [6.07, 6.45) is 10.2. The predicted molar refractivity (Wildman–Crippen MR) is 93.6 cm³/mol. The minimum absolute atomic E-state index is 0.121. The first-order chi connectivity index (χ1) is 11.6. The van der Waals surface area contributed by atoms with Crippen molar-refractivity contribution in [1.82, 2.24) is 10.3 Å². The van der Waals surface area contributed by atoms with Crippen molar-refractivity contribution >= 4 is 17.7 Å². The quantitative estimate of drug-likeness (QED) is 0.250. The molecule has 0 spiro atoms. The van der Waals surface area contributed by atoms with Gasteiger partial charge in [0.25, 0.3) is 5.91 Å². The van der Waals surface area contributed by atoms with E-state index in [1.165, 1.54) is 12.6 Å². The molecule has 7 heteroatoms. The van der Waals surface area contributed by atoms with Gasteiger partial charge in [-0.2, -0.15) is 0 Å². The molecule has 24 heavy (non-hydrogen) atoms. The van der Waals surface area contributed by atoms with E-state index in [0.717, 1.165) is 44.9 Å². The van der Waals surface area contributed by atoms with E-state index in [1.807, 2.05) is 0 Å². The van der Waals surface area contributed by atoms with Crippen molar-refractivity contribution in [3.63, 3.8) is 0 Å². The van der Waals surface area contributed by atoms with Crippen LogP contribution in [-0.2, 0) is 4.79 Å². The molecule has 0 aliphatic heterocycles. The number of carbonyl (C=O) groups excluding carboxylic acids is 1. The maximum atomic E-state index is 11.9. The Morgan fingerprint density at radius 2 is 1.62 bits per heavy atom. The van der Waals surface area contributed by atoms with Gasteiger partial charge in [0.05, 0.1) is 5.56 Å². The zero-order valence-corrected chi connectivity index (χ0v) is 14.1. The number of nitrogens with one attached hydrogen (secondary N) is 2. The summed E-state index contributed by atoms with van der Waals surface area (Å²) < 4.78 is 0. The van der Waals surface area contributed by atoms with Crippen LogP contribution in [0.25, 0.3) is 0 Å². The summed E-state index contributed by atoms with van der Waals surface area (Å²) in [4.78, 5) is 26.2. The van der Waals surface area contributed by atoms with Gasteiger partial charge in [-0.25, -0.2) is 10.8 Å². The van der Waals surface area contributed by atoms with E-state index in [0.29, 0.717) is 17.9 Å². The highest BCUT2D eigenvalue weighted by molar-refractivity contribution is 5.93. The SMILES string of the molecule is NNc1ccc(C(=O)NCCCCCCCCCCC(=O)O)cn1. The van der Waals surface area contributed by atoms with E-state index in [-0.39, 0.29) is 12.3 Å². The van der Waals surface area contributed by atoms with Crippen molar-refractivity contribution < 1.29 is 14.7 Å². The van der Waals surface area contributed by atoms with Crippen molar-refractivity contribution in [1.29, 1.82) is 0 Å². The number of pyridine rings is 1. The van der Waals surface area contributed by atoms with Gasteiger partial charge < -0.3 is 15.8 Å². The molecule has 0 saturated heterocycles. The van der Waals surface area contributed by atoms with Crippen LogP contribution in [0.3, 0.4) is 0 Å². The maximum absolute atomic E-state index is 11.9. The second kappa shape index (κ2) is 12.3. The number of hydrogen-bond donors (Lipinski definition) is 4. The number of anilines is 1. The molecular formula is C17H28N4O3. The van der Waals surface area contributed by atoms with Gasteiger partial charge in [-0.1, -0.05) is 38.5 Å². The summed E-state index contributed by atoms with van der Waals surface area (Å²) in [5.41, 5.74) is 2.94. The van der Waals surface area contributed by atoms with Crippen LogP contribution in [0.4, 0.5) is 5.82 Å². The van der Waals surface area contributed by atoms with Crippen LogP contribution in [0.15, 0.2) is 18.3 Å². The molecule has 1 aromatic heterocycles. The first-order valence-corrected chi connectivity index (χ1v) is 8.56. The second-order valence-electron chi connectivity index (χ2n) is 5.80. The summed E-state index contributed by atoms with van der Waals surface area (Å²) in [7, 11) is 0. The van der Waals surface area contributed by atoms with Gasteiger partial charge in [0.15, 0.2) is 0 Å². The standard InChI is InChI=1S/C17H28N4O3/c18-21-15-11-10-14(13-20-15)17(24)19-12-8-6-4-2-1-3-5-7-9-16(22)23/h10-11,13H,1-9,12,18H2,(H,19,24)(H,20,21)(H,22,23). The number of nitrogens with zero attached hydrogens (tertiary/aromatic N) is 1. The van der Waals surface area contributed by atoms with Gasteiger partial charge >= 0.3 is 5.97 Å². The van der Waals surface area contributed by atoms with Crippen LogP contribution >= 0.6 is 0 Å². The largest absolute Gasteiger partial charge is 0.481 e. The fraction of sp³-hybridized carbons (Fsp3) is 0.588. The topological polar surface area (TPSA) is 117 Å². The van der Waals surface area contributed by atoms with Crippen LogP contribution in [-0.4, -0.2) is 28.5 Å². The van der Waals surface area contributed by atoms with E-state index in [9.17, 15) is 9.59 Å². The summed E-state index contributed by atoms with van der Waals surface area (Å²) in [5.74, 6) is 4.92. The molecule has 0 aromatic carbocycles. The van der Waals surface area contributed by atoms with E-state index in [1.54, 1.807) is 12.1 Å². The second-order valence-corrected chi connectivity index (χ2v) is 5.80. The number of nitrogens with two attached hydrogens (primary N) is 1. The van der Waals surface area contributed by atoms with Crippen LogP contribution < -0.4 is 16.6 Å². The third-order valence-corrected chi connectivity index (χ3v) is 3.78. The Bertz CT molecular complexity index is 491. The van der Waals surface area contributed by atoms with Gasteiger partial charge in [0, 0.05) is 19.2 Å². The lowest BCUT2D eigenvalue weighted by molar-refractivity contribution is -0.137. The van der Waals surface area contributed by atoms with Gasteiger partial charge in [-0.3, -0.25) is 9.59 Å². The Labute approximate surface area is 143 Å². The number of aromatic nitrogens is 1. The fourth-order valence-corrected chi connectivity index (χ4v) is 2.38. The Morgan fingerprint density at radius 3 is 2.17 bits per heavy atom. The van der Waals surface area contributed by atoms with Crippen molar-refractivity contribution in [2.24, 2.45) is 5.84 Å². The molecule has 1 amide bonds. The molecule has 7 nitrogen and oxygen atoms in total. The molecule has 0 radical (unpaired) electrons. The number of aliphatic carboxylic acids is 1. The highest BCUT2D eigenvalue weighted by Gasteiger charge is 2.05. The zero-order chi connectivity index (χ0) is 17.6. The third-order valence-electron chi connectivity index (χ3n) is 3.78. The first-order valence-electron chi connectivity index (χ1n) is 8.56. The predicted octanol–water partition coefficient (Wildman–Crippen LogP) is 2.69. The van der Waals surface area contributed by atoms with Gasteiger partial charge in [-0.05, 0) is 25.0 Å². The molecule has 0 unspecified atom stereocenters. The molecule has 0 fully saturated rings. The minimum Gasteiger partial charge on any atom is -0.481 e. The Hall–Kier alpha value is -2.15. The molecule has 0 bridgehead atoms. The fourth-order valence-electron chi connectivity index (χ4n) is 2.38. The number of amides is 1. The summed E-state index contributed by atoms with van der Waals surface area (Å²) >= 11 is 0. The molecule has 0 aliphatic rings. The molecular weight excluding hydrogens is 308 g/mol. The molecule has 5 N–H and O–H groups in total. The van der Waals surface area contributed by atoms with E-state index in [4.69, 9.17) is 10.9 Å². The van der Waals surface area contributed by atoms with Crippen LogP contribution in [0, 0.1) is 0 Å². The number of carboxylic acids is 1. The number of unbranched alkanes of at least 4 members (excludes halogenated alkanes) is 7. The smallest absolute Gasteiger partial charge is 0.303 e. The van der Waals surface area contributed by atoms with Gasteiger partial charge in [-0.15, -0.1) is 0 Å². The molecule has 134 valence electrons. The van der Waals surface area contributed by atoms with E-state index in [2.05, 4.69) is 15.7 Å². The van der Waals surface area contributed by atoms with Crippen LogP contribution in [0.5, 0.6) is 0 Å². The van der Waals surface area contributed by atoms with Crippen molar-refractivity contribution in [2.45, 2.75) is 57.8 Å². The molecule has 1 heterocycles.